The van der Waals surface area contributed by atoms with Gasteiger partial charge in [0.1, 0.15) is 0 Å². The predicted octanol–water partition coefficient (Wildman–Crippen LogP) is 4.87. The van der Waals surface area contributed by atoms with Crippen molar-refractivity contribution in [1.29, 1.82) is 0 Å². The van der Waals surface area contributed by atoms with E-state index in [0.29, 0.717) is 5.89 Å². The van der Waals surface area contributed by atoms with E-state index in [2.05, 4.69) is 29.4 Å². The molecular formula is C19H21N3O2S. The Morgan fingerprint density at radius 2 is 2.12 bits per heavy atom. The van der Waals surface area contributed by atoms with Crippen molar-refractivity contribution in [1.82, 2.24) is 10.2 Å². The number of anilines is 1. The molecule has 0 saturated carbocycles. The van der Waals surface area contributed by atoms with Gasteiger partial charge in [0.25, 0.3) is 5.91 Å². The lowest BCUT2D eigenvalue weighted by atomic mass is 10.1. The summed E-state index contributed by atoms with van der Waals surface area (Å²) in [6.07, 6.45) is 4.35. The smallest absolute Gasteiger partial charge is 0.265 e. The molecule has 0 aliphatic rings. The fourth-order valence-electron chi connectivity index (χ4n) is 2.69. The lowest BCUT2D eigenvalue weighted by Crippen LogP contribution is -2.11. The second kappa shape index (κ2) is 7.61. The first kappa shape index (κ1) is 17.4. The summed E-state index contributed by atoms with van der Waals surface area (Å²) in [6, 6.07) is 7.71. The molecule has 3 aromatic rings. The molecule has 5 nitrogen and oxygen atoms in total. The fourth-order valence-corrected chi connectivity index (χ4v) is 3.94. The molecule has 0 fully saturated rings. The van der Waals surface area contributed by atoms with Crippen LogP contribution in [0.3, 0.4) is 0 Å². The Balaban J connectivity index is 1.84. The van der Waals surface area contributed by atoms with Gasteiger partial charge in [0, 0.05) is 16.1 Å². The third kappa shape index (κ3) is 3.79. The monoisotopic (exact) mass is 355 g/mol. The number of rotatable bonds is 6. The summed E-state index contributed by atoms with van der Waals surface area (Å²) in [4.78, 5) is 14.8. The molecule has 0 aliphatic heterocycles. The first-order valence-corrected chi connectivity index (χ1v) is 9.24. The molecular weight excluding hydrogens is 334 g/mol. The predicted molar refractivity (Wildman–Crippen MR) is 100 cm³/mol. The zero-order valence-electron chi connectivity index (χ0n) is 14.6. The molecule has 25 heavy (non-hydrogen) atoms. The minimum atomic E-state index is -0.0761. The Kier molecular flexibility index (Phi) is 5.28. The van der Waals surface area contributed by atoms with E-state index in [1.165, 1.54) is 16.8 Å². The Hall–Kier alpha value is -2.47. The lowest BCUT2D eigenvalue weighted by Gasteiger charge is -2.08. The van der Waals surface area contributed by atoms with Crippen LogP contribution in [0.25, 0.3) is 11.5 Å². The van der Waals surface area contributed by atoms with E-state index in [1.807, 2.05) is 31.2 Å². The number of aromatic nitrogens is 2. The van der Waals surface area contributed by atoms with Crippen molar-refractivity contribution < 1.29 is 9.21 Å². The van der Waals surface area contributed by atoms with Crippen LogP contribution in [0.1, 0.15) is 45.9 Å². The van der Waals surface area contributed by atoms with Crippen LogP contribution < -0.4 is 5.32 Å². The van der Waals surface area contributed by atoms with Crippen LogP contribution in [0.5, 0.6) is 0 Å². The third-order valence-electron chi connectivity index (χ3n) is 4.07. The minimum absolute atomic E-state index is 0.0761. The SMILES string of the molecule is CCCc1sc(C(=O)Nc2cc(-c3nnco3)ccc2C)cc1CC. The summed E-state index contributed by atoms with van der Waals surface area (Å²) < 4.78 is 5.23. The van der Waals surface area contributed by atoms with Gasteiger partial charge in [-0.1, -0.05) is 26.3 Å². The zero-order valence-corrected chi connectivity index (χ0v) is 15.4. The topological polar surface area (TPSA) is 68.0 Å². The fraction of sp³-hybridized carbons (Fsp3) is 0.316. The quantitative estimate of drug-likeness (QED) is 0.685. The maximum absolute atomic E-state index is 12.7. The Bertz CT molecular complexity index is 869. The second-order valence-corrected chi connectivity index (χ2v) is 7.03. The van der Waals surface area contributed by atoms with Gasteiger partial charge in [-0.15, -0.1) is 21.5 Å². The van der Waals surface area contributed by atoms with E-state index in [1.54, 1.807) is 11.3 Å². The number of nitrogens with one attached hydrogen (secondary N) is 1. The van der Waals surface area contributed by atoms with Crippen LogP contribution in [-0.4, -0.2) is 16.1 Å². The largest absolute Gasteiger partial charge is 0.423 e. The number of carbonyl (C=O) groups is 1. The van der Waals surface area contributed by atoms with Gasteiger partial charge in [-0.3, -0.25) is 4.79 Å². The normalized spacial score (nSPS) is 10.8. The van der Waals surface area contributed by atoms with Crippen molar-refractivity contribution in [2.75, 3.05) is 5.32 Å². The highest BCUT2D eigenvalue weighted by atomic mass is 32.1. The van der Waals surface area contributed by atoms with Gasteiger partial charge in [0.15, 0.2) is 0 Å². The first-order valence-electron chi connectivity index (χ1n) is 8.42. The Morgan fingerprint density at radius 1 is 1.28 bits per heavy atom. The van der Waals surface area contributed by atoms with Crippen molar-refractivity contribution in [3.05, 3.63) is 51.5 Å². The van der Waals surface area contributed by atoms with E-state index in [4.69, 9.17) is 4.42 Å². The summed E-state index contributed by atoms with van der Waals surface area (Å²) >= 11 is 1.59. The number of thiophene rings is 1. The maximum Gasteiger partial charge on any atom is 0.265 e. The number of hydrogen-bond donors (Lipinski definition) is 1. The van der Waals surface area contributed by atoms with Crippen molar-refractivity contribution >= 4 is 22.9 Å². The van der Waals surface area contributed by atoms with E-state index in [-0.39, 0.29) is 5.91 Å². The van der Waals surface area contributed by atoms with Crippen LogP contribution in [0.2, 0.25) is 0 Å². The molecule has 1 amide bonds. The standard InChI is InChI=1S/C19H21N3O2S/c1-4-6-16-13(5-2)10-17(25-16)18(23)21-15-9-14(8-7-12(15)3)19-22-20-11-24-19/h7-11H,4-6H2,1-3H3,(H,21,23). The molecule has 130 valence electrons. The zero-order chi connectivity index (χ0) is 17.8. The molecule has 0 unspecified atom stereocenters. The summed E-state index contributed by atoms with van der Waals surface area (Å²) in [6.45, 7) is 6.24. The molecule has 3 rings (SSSR count). The van der Waals surface area contributed by atoms with Crippen LogP contribution >= 0.6 is 11.3 Å². The highest BCUT2D eigenvalue weighted by molar-refractivity contribution is 7.14. The molecule has 0 atom stereocenters. The molecule has 0 saturated heterocycles. The summed E-state index contributed by atoms with van der Waals surface area (Å²) in [5, 5.41) is 10.6. The van der Waals surface area contributed by atoms with Crippen molar-refractivity contribution in [3.63, 3.8) is 0 Å². The molecule has 1 N–H and O–H groups in total. The van der Waals surface area contributed by atoms with Gasteiger partial charge >= 0.3 is 0 Å². The first-order chi connectivity index (χ1) is 12.1. The Labute approximate surface area is 151 Å². The molecule has 2 heterocycles. The van der Waals surface area contributed by atoms with Gasteiger partial charge in [-0.25, -0.2) is 0 Å². The third-order valence-corrected chi connectivity index (χ3v) is 5.31. The highest BCUT2D eigenvalue weighted by Gasteiger charge is 2.15. The number of hydrogen-bond acceptors (Lipinski definition) is 5. The van der Waals surface area contributed by atoms with Crippen LogP contribution in [0, 0.1) is 6.92 Å². The van der Waals surface area contributed by atoms with E-state index < -0.39 is 0 Å². The molecule has 6 heteroatoms. The van der Waals surface area contributed by atoms with Crippen LogP contribution in [0.4, 0.5) is 5.69 Å². The summed E-state index contributed by atoms with van der Waals surface area (Å²) in [7, 11) is 0. The highest BCUT2D eigenvalue weighted by Crippen LogP contribution is 2.28. The molecule has 0 radical (unpaired) electrons. The number of benzene rings is 1. The maximum atomic E-state index is 12.7. The summed E-state index contributed by atoms with van der Waals surface area (Å²) in [5.41, 5.74) is 3.79. The van der Waals surface area contributed by atoms with Gasteiger partial charge in [0.2, 0.25) is 12.3 Å². The summed E-state index contributed by atoms with van der Waals surface area (Å²) in [5.74, 6) is 0.359. The molecule has 0 aliphatic carbocycles. The average Bonchev–Trinajstić information content (AvgIpc) is 3.27. The van der Waals surface area contributed by atoms with Gasteiger partial charge < -0.3 is 9.73 Å². The van der Waals surface area contributed by atoms with Gasteiger partial charge in [-0.05, 0) is 49.1 Å². The van der Waals surface area contributed by atoms with E-state index >= 15 is 0 Å². The number of carbonyl (C=O) groups excluding carboxylic acids is 1. The molecule has 1 aromatic carbocycles. The molecule has 0 spiro atoms. The number of aryl methyl sites for hydroxylation is 3. The van der Waals surface area contributed by atoms with Crippen LogP contribution in [-0.2, 0) is 12.8 Å². The van der Waals surface area contributed by atoms with Gasteiger partial charge in [-0.2, -0.15) is 0 Å². The average molecular weight is 355 g/mol. The Morgan fingerprint density at radius 3 is 2.80 bits per heavy atom. The second-order valence-electron chi connectivity index (χ2n) is 5.89. The molecule has 2 aromatic heterocycles. The van der Waals surface area contributed by atoms with E-state index in [9.17, 15) is 4.79 Å². The van der Waals surface area contributed by atoms with Crippen molar-refractivity contribution in [2.45, 2.75) is 40.0 Å². The lowest BCUT2D eigenvalue weighted by molar-refractivity contribution is 0.103. The van der Waals surface area contributed by atoms with E-state index in [0.717, 1.165) is 41.0 Å². The van der Waals surface area contributed by atoms with Crippen molar-refractivity contribution in [3.8, 4) is 11.5 Å². The molecule has 0 bridgehead atoms. The number of amides is 1. The van der Waals surface area contributed by atoms with Crippen LogP contribution in [0.15, 0.2) is 35.1 Å². The van der Waals surface area contributed by atoms with Gasteiger partial charge in [0.05, 0.1) is 4.88 Å². The minimum Gasteiger partial charge on any atom is -0.423 e. The van der Waals surface area contributed by atoms with Crippen molar-refractivity contribution in [2.24, 2.45) is 0 Å². The number of nitrogens with zero attached hydrogens (tertiary/aromatic N) is 2.